The highest BCUT2D eigenvalue weighted by atomic mass is 79.9. The van der Waals surface area contributed by atoms with Crippen molar-refractivity contribution in [2.45, 2.75) is 40.0 Å². The van der Waals surface area contributed by atoms with E-state index in [2.05, 4.69) is 26.6 Å². The molecule has 3 amide bonds. The first-order chi connectivity index (χ1) is 15.8. The van der Waals surface area contributed by atoms with Crippen LogP contribution >= 0.6 is 15.9 Å². The summed E-state index contributed by atoms with van der Waals surface area (Å²) in [6.45, 7) is 6.84. The molecule has 8 heteroatoms. The van der Waals surface area contributed by atoms with Crippen molar-refractivity contribution in [3.63, 3.8) is 0 Å². The van der Waals surface area contributed by atoms with Gasteiger partial charge in [-0.05, 0) is 67.3 Å². The van der Waals surface area contributed by atoms with E-state index in [-0.39, 0.29) is 36.7 Å². The van der Waals surface area contributed by atoms with E-state index >= 15 is 0 Å². The quantitative estimate of drug-likeness (QED) is 0.523. The van der Waals surface area contributed by atoms with Crippen molar-refractivity contribution < 1.29 is 19.1 Å². The maximum absolute atomic E-state index is 12.4. The van der Waals surface area contributed by atoms with Crippen LogP contribution in [0.3, 0.4) is 0 Å². The molecule has 2 aromatic rings. The molecule has 1 heterocycles. The molecular formula is C25H30BrN3O4. The Morgan fingerprint density at radius 2 is 1.91 bits per heavy atom. The first-order valence-electron chi connectivity index (χ1n) is 11.2. The fraction of sp³-hybridized carbons (Fsp3) is 0.400. The maximum atomic E-state index is 12.4. The van der Waals surface area contributed by atoms with Crippen molar-refractivity contribution in [3.8, 4) is 5.75 Å². The smallest absolute Gasteiger partial charge is 0.262 e. The fourth-order valence-corrected chi connectivity index (χ4v) is 4.46. The number of nitrogens with one attached hydrogen (secondary N) is 2. The van der Waals surface area contributed by atoms with E-state index in [1.165, 1.54) is 0 Å². The minimum atomic E-state index is -0.334. The van der Waals surface area contributed by atoms with Gasteiger partial charge in [0, 0.05) is 35.4 Å². The normalized spacial score (nSPS) is 15.5. The third kappa shape index (κ3) is 6.35. The van der Waals surface area contributed by atoms with Gasteiger partial charge in [-0.2, -0.15) is 0 Å². The molecule has 2 aromatic carbocycles. The van der Waals surface area contributed by atoms with E-state index in [9.17, 15) is 14.4 Å². The molecule has 2 N–H and O–H groups in total. The Labute approximate surface area is 203 Å². The van der Waals surface area contributed by atoms with Crippen molar-refractivity contribution in [1.82, 2.24) is 5.32 Å². The second-order valence-corrected chi connectivity index (χ2v) is 9.05. The van der Waals surface area contributed by atoms with Gasteiger partial charge in [-0.1, -0.05) is 29.8 Å². The van der Waals surface area contributed by atoms with E-state index in [4.69, 9.17) is 4.74 Å². The molecule has 1 aliphatic rings. The van der Waals surface area contributed by atoms with E-state index in [1.54, 1.807) is 29.2 Å². The fourth-order valence-electron chi connectivity index (χ4n) is 3.84. The molecule has 0 aliphatic carbocycles. The number of hydrogen-bond donors (Lipinski definition) is 2. The van der Waals surface area contributed by atoms with Gasteiger partial charge in [0.2, 0.25) is 11.8 Å². The van der Waals surface area contributed by atoms with E-state index in [1.807, 2.05) is 32.9 Å². The summed E-state index contributed by atoms with van der Waals surface area (Å²) in [5, 5.41) is 5.80. The zero-order valence-electron chi connectivity index (χ0n) is 19.2. The lowest BCUT2D eigenvalue weighted by Crippen LogP contribution is -2.33. The van der Waals surface area contributed by atoms with E-state index < -0.39 is 0 Å². The molecule has 0 radical (unpaired) electrons. The number of halogens is 1. The molecule has 1 saturated heterocycles. The molecule has 1 atom stereocenters. The summed E-state index contributed by atoms with van der Waals surface area (Å²) in [6, 6.07) is 11.0. The van der Waals surface area contributed by atoms with Crippen LogP contribution in [-0.2, 0) is 20.8 Å². The Balaban J connectivity index is 1.56. The van der Waals surface area contributed by atoms with Crippen LogP contribution in [0.5, 0.6) is 5.75 Å². The number of nitrogens with zero attached hydrogens (tertiary/aromatic N) is 1. The number of carbonyl (C=O) groups excluding carboxylic acids is 3. The summed E-state index contributed by atoms with van der Waals surface area (Å²) in [4.78, 5) is 38.7. The van der Waals surface area contributed by atoms with Crippen LogP contribution in [0.25, 0.3) is 0 Å². The van der Waals surface area contributed by atoms with Gasteiger partial charge in [0.15, 0.2) is 6.61 Å². The van der Waals surface area contributed by atoms with E-state index in [0.717, 1.165) is 34.1 Å². The highest BCUT2D eigenvalue weighted by Crippen LogP contribution is 2.28. The van der Waals surface area contributed by atoms with Crippen LogP contribution in [0.2, 0.25) is 0 Å². The lowest BCUT2D eigenvalue weighted by molar-refractivity contribution is -0.126. The third-order valence-corrected chi connectivity index (χ3v) is 6.05. The number of anilines is 2. The zero-order chi connectivity index (χ0) is 24.0. The number of amides is 3. The monoisotopic (exact) mass is 515 g/mol. The Hall–Kier alpha value is -2.87. The van der Waals surface area contributed by atoms with Gasteiger partial charge < -0.3 is 20.3 Å². The lowest BCUT2D eigenvalue weighted by atomic mass is 10.1. The standard InChI is InChI=1S/C25H30BrN3O4/c1-4-10-27-25(32)18-13-23(31)29(14-18)20-6-8-21(9-7-20)33-15-22(30)28-24-16(3)11-19(26)12-17(24)5-2/h6-9,11-12,18H,4-5,10,13-15H2,1-3H3,(H,27,32)(H,28,30)/t18-/m0/s1. The molecule has 1 aliphatic heterocycles. The third-order valence-electron chi connectivity index (χ3n) is 5.59. The highest BCUT2D eigenvalue weighted by molar-refractivity contribution is 9.10. The zero-order valence-corrected chi connectivity index (χ0v) is 20.8. The molecule has 0 aromatic heterocycles. The number of benzene rings is 2. The average Bonchev–Trinajstić information content (AvgIpc) is 3.19. The molecule has 1 fully saturated rings. The van der Waals surface area contributed by atoms with Crippen LogP contribution in [-0.4, -0.2) is 37.4 Å². The van der Waals surface area contributed by atoms with Gasteiger partial charge in [-0.25, -0.2) is 0 Å². The van der Waals surface area contributed by atoms with Crippen LogP contribution < -0.4 is 20.3 Å². The van der Waals surface area contributed by atoms with Gasteiger partial charge in [0.05, 0.1) is 5.92 Å². The first-order valence-corrected chi connectivity index (χ1v) is 12.0. The average molecular weight is 516 g/mol. The molecule has 176 valence electrons. The summed E-state index contributed by atoms with van der Waals surface area (Å²) in [5.74, 6) is -0.197. The molecule has 0 saturated carbocycles. The van der Waals surface area contributed by atoms with Crippen LogP contribution in [0.1, 0.15) is 37.8 Å². The SMILES string of the molecule is CCCNC(=O)[C@H]1CC(=O)N(c2ccc(OCC(=O)Nc3c(C)cc(Br)cc3CC)cc2)C1. The molecule has 7 nitrogen and oxygen atoms in total. The molecule has 3 rings (SSSR count). The van der Waals surface area contributed by atoms with Gasteiger partial charge in [0.1, 0.15) is 5.75 Å². The Morgan fingerprint density at radius 1 is 1.18 bits per heavy atom. The van der Waals surface area contributed by atoms with Gasteiger partial charge in [0.25, 0.3) is 5.91 Å². The summed E-state index contributed by atoms with van der Waals surface area (Å²) in [7, 11) is 0. The van der Waals surface area contributed by atoms with Crippen molar-refractivity contribution >= 4 is 45.0 Å². The summed E-state index contributed by atoms with van der Waals surface area (Å²) in [6.07, 6.45) is 1.87. The molecule has 0 spiro atoms. The number of rotatable bonds is 9. The van der Waals surface area contributed by atoms with Crippen LogP contribution in [0.4, 0.5) is 11.4 Å². The summed E-state index contributed by atoms with van der Waals surface area (Å²) < 4.78 is 6.62. The number of aryl methyl sites for hydroxylation is 2. The van der Waals surface area contributed by atoms with Crippen molar-refractivity contribution in [2.75, 3.05) is 29.9 Å². The number of carbonyl (C=O) groups is 3. The topological polar surface area (TPSA) is 87.7 Å². The van der Waals surface area contributed by atoms with Crippen molar-refractivity contribution in [3.05, 3.63) is 52.0 Å². The Morgan fingerprint density at radius 3 is 2.58 bits per heavy atom. The van der Waals surface area contributed by atoms with E-state index in [0.29, 0.717) is 24.5 Å². The summed E-state index contributed by atoms with van der Waals surface area (Å²) >= 11 is 3.49. The summed E-state index contributed by atoms with van der Waals surface area (Å²) in [5.41, 5.74) is 3.56. The Kier molecular flexibility index (Phi) is 8.49. The lowest BCUT2D eigenvalue weighted by Gasteiger charge is -2.17. The van der Waals surface area contributed by atoms with Gasteiger partial charge in [-0.15, -0.1) is 0 Å². The minimum absolute atomic E-state index is 0.0729. The predicted molar refractivity (Wildman–Crippen MR) is 133 cm³/mol. The second-order valence-electron chi connectivity index (χ2n) is 8.14. The Bertz CT molecular complexity index is 1020. The predicted octanol–water partition coefficient (Wildman–Crippen LogP) is 4.22. The molecule has 33 heavy (non-hydrogen) atoms. The van der Waals surface area contributed by atoms with Crippen LogP contribution in [0.15, 0.2) is 40.9 Å². The molecule has 0 bridgehead atoms. The second kappa shape index (κ2) is 11.3. The van der Waals surface area contributed by atoms with Gasteiger partial charge >= 0.3 is 0 Å². The van der Waals surface area contributed by atoms with Crippen molar-refractivity contribution in [2.24, 2.45) is 5.92 Å². The number of hydrogen-bond acceptors (Lipinski definition) is 4. The van der Waals surface area contributed by atoms with Crippen molar-refractivity contribution in [1.29, 1.82) is 0 Å². The molecule has 0 unspecified atom stereocenters. The van der Waals surface area contributed by atoms with Crippen LogP contribution in [0, 0.1) is 12.8 Å². The first kappa shape index (κ1) is 24.8. The number of ether oxygens (including phenoxy) is 1. The van der Waals surface area contributed by atoms with Gasteiger partial charge in [-0.3, -0.25) is 14.4 Å². The molecular weight excluding hydrogens is 486 g/mol. The highest BCUT2D eigenvalue weighted by Gasteiger charge is 2.34. The minimum Gasteiger partial charge on any atom is -0.484 e. The largest absolute Gasteiger partial charge is 0.484 e. The maximum Gasteiger partial charge on any atom is 0.262 e.